The van der Waals surface area contributed by atoms with Crippen LogP contribution in [-0.2, 0) is 6.54 Å². The Labute approximate surface area is 165 Å². The van der Waals surface area contributed by atoms with E-state index in [9.17, 15) is 0 Å². The van der Waals surface area contributed by atoms with Gasteiger partial charge in [0.2, 0.25) is 0 Å². The smallest absolute Gasteiger partial charge is 0.191 e. The van der Waals surface area contributed by atoms with E-state index in [0.29, 0.717) is 16.8 Å². The second-order valence-electron chi connectivity index (χ2n) is 5.17. The summed E-state index contributed by atoms with van der Waals surface area (Å²) in [4.78, 5) is 4.65. The molecule has 2 N–H and O–H groups in total. The van der Waals surface area contributed by atoms with Gasteiger partial charge < -0.3 is 15.4 Å². The first-order valence-corrected chi connectivity index (χ1v) is 9.11. The third-order valence-corrected chi connectivity index (χ3v) is 5.16. The molecule has 1 fully saturated rings. The molecule has 2 rings (SSSR count). The van der Waals surface area contributed by atoms with Crippen LogP contribution >= 0.6 is 47.3 Å². The second kappa shape index (κ2) is 11.3. The van der Waals surface area contributed by atoms with Gasteiger partial charge in [0.1, 0.15) is 5.75 Å². The van der Waals surface area contributed by atoms with Crippen molar-refractivity contribution in [3.05, 3.63) is 28.8 Å². The zero-order valence-corrected chi connectivity index (χ0v) is 17.5. The number of thioether (sulfide) groups is 1. The molecule has 0 radical (unpaired) electrons. The molecule has 130 valence electrons. The third-order valence-electron chi connectivity index (χ3n) is 3.52. The van der Waals surface area contributed by atoms with Crippen LogP contribution in [0.1, 0.15) is 25.3 Å². The fourth-order valence-electron chi connectivity index (χ4n) is 2.37. The average Bonchev–Trinajstić information content (AvgIpc) is 3.04. The van der Waals surface area contributed by atoms with E-state index in [1.807, 2.05) is 30.0 Å². The summed E-state index contributed by atoms with van der Waals surface area (Å²) < 4.78 is 5.36. The molecule has 1 aliphatic rings. The predicted molar refractivity (Wildman–Crippen MR) is 112 cm³/mol. The normalized spacial score (nSPS) is 17.5. The van der Waals surface area contributed by atoms with E-state index in [1.165, 1.54) is 18.6 Å². The minimum Gasteiger partial charge on any atom is -0.496 e. The number of nitrogens with one attached hydrogen (secondary N) is 2. The first-order valence-electron chi connectivity index (χ1n) is 7.69. The van der Waals surface area contributed by atoms with E-state index >= 15 is 0 Å². The SMILES string of the molecule is CCNC(=NCc1ccc(Cl)cc1OC)NCC1CCCS1.I. The molecule has 7 heteroatoms. The van der Waals surface area contributed by atoms with Crippen LogP contribution in [0.3, 0.4) is 0 Å². The number of hydrogen-bond acceptors (Lipinski definition) is 3. The molecule has 1 unspecified atom stereocenters. The Bertz CT molecular complexity index is 510. The van der Waals surface area contributed by atoms with Crippen molar-refractivity contribution in [2.45, 2.75) is 31.6 Å². The molecule has 0 amide bonds. The molecule has 0 bridgehead atoms. The van der Waals surface area contributed by atoms with Gasteiger partial charge in [-0.15, -0.1) is 24.0 Å². The molecule has 4 nitrogen and oxygen atoms in total. The summed E-state index contributed by atoms with van der Waals surface area (Å²) in [6.45, 7) is 4.45. The summed E-state index contributed by atoms with van der Waals surface area (Å²) in [5.41, 5.74) is 1.03. The number of rotatable bonds is 6. The highest BCUT2D eigenvalue weighted by molar-refractivity contribution is 14.0. The van der Waals surface area contributed by atoms with E-state index < -0.39 is 0 Å². The van der Waals surface area contributed by atoms with Crippen molar-refractivity contribution >= 4 is 53.3 Å². The van der Waals surface area contributed by atoms with E-state index in [1.54, 1.807) is 7.11 Å². The lowest BCUT2D eigenvalue weighted by molar-refractivity contribution is 0.410. The molecule has 1 atom stereocenters. The lowest BCUT2D eigenvalue weighted by Gasteiger charge is -2.15. The van der Waals surface area contributed by atoms with E-state index in [0.717, 1.165) is 30.4 Å². The highest BCUT2D eigenvalue weighted by Crippen LogP contribution is 2.25. The molecule has 1 aliphatic heterocycles. The van der Waals surface area contributed by atoms with Crippen LogP contribution in [0.15, 0.2) is 23.2 Å². The standard InChI is InChI=1S/C16H24ClN3OS.HI/c1-3-18-16(20-11-14-5-4-8-22-14)19-10-12-6-7-13(17)9-15(12)21-2;/h6-7,9,14H,3-5,8,10-11H2,1-2H3,(H2,18,19,20);1H. The van der Waals surface area contributed by atoms with E-state index in [4.69, 9.17) is 16.3 Å². The van der Waals surface area contributed by atoms with Gasteiger partial charge in [0.15, 0.2) is 5.96 Å². The van der Waals surface area contributed by atoms with Gasteiger partial charge in [0, 0.05) is 28.9 Å². The van der Waals surface area contributed by atoms with Crippen molar-refractivity contribution in [1.82, 2.24) is 10.6 Å². The number of ether oxygens (including phenoxy) is 1. The minimum atomic E-state index is 0. The van der Waals surface area contributed by atoms with Crippen LogP contribution in [0.2, 0.25) is 5.02 Å². The van der Waals surface area contributed by atoms with Crippen LogP contribution in [0.4, 0.5) is 0 Å². The van der Waals surface area contributed by atoms with Gasteiger partial charge in [-0.05, 0) is 37.7 Å². The highest BCUT2D eigenvalue weighted by atomic mass is 127. The first kappa shape index (κ1) is 20.7. The zero-order valence-electron chi connectivity index (χ0n) is 13.6. The van der Waals surface area contributed by atoms with Gasteiger partial charge in [0.05, 0.1) is 13.7 Å². The maximum Gasteiger partial charge on any atom is 0.191 e. The molecule has 23 heavy (non-hydrogen) atoms. The van der Waals surface area contributed by atoms with Crippen molar-refractivity contribution in [1.29, 1.82) is 0 Å². The van der Waals surface area contributed by atoms with E-state index in [-0.39, 0.29) is 24.0 Å². The molecular weight excluding hydrogens is 445 g/mol. The van der Waals surface area contributed by atoms with Crippen molar-refractivity contribution in [2.24, 2.45) is 4.99 Å². The van der Waals surface area contributed by atoms with Crippen molar-refractivity contribution in [3.63, 3.8) is 0 Å². The molecule has 0 saturated carbocycles. The maximum atomic E-state index is 5.99. The summed E-state index contributed by atoms with van der Waals surface area (Å²) in [5, 5.41) is 8.10. The van der Waals surface area contributed by atoms with Gasteiger partial charge >= 0.3 is 0 Å². The lowest BCUT2D eigenvalue weighted by atomic mass is 10.2. The van der Waals surface area contributed by atoms with Gasteiger partial charge in [-0.3, -0.25) is 0 Å². The molecule has 1 aromatic carbocycles. The monoisotopic (exact) mass is 469 g/mol. The van der Waals surface area contributed by atoms with Crippen molar-refractivity contribution in [3.8, 4) is 5.75 Å². The third kappa shape index (κ3) is 6.97. The fraction of sp³-hybridized carbons (Fsp3) is 0.562. The Kier molecular flexibility index (Phi) is 10.1. The average molecular weight is 470 g/mol. The highest BCUT2D eigenvalue weighted by Gasteiger charge is 2.15. The van der Waals surface area contributed by atoms with Crippen LogP contribution in [0, 0.1) is 0 Å². The Morgan fingerprint density at radius 2 is 2.26 bits per heavy atom. The Hall–Kier alpha value is -0.340. The van der Waals surface area contributed by atoms with Crippen LogP contribution in [0.25, 0.3) is 0 Å². The van der Waals surface area contributed by atoms with Crippen LogP contribution < -0.4 is 15.4 Å². The Balaban J connectivity index is 0.00000264. The van der Waals surface area contributed by atoms with Crippen LogP contribution in [-0.4, -0.2) is 37.2 Å². The largest absolute Gasteiger partial charge is 0.496 e. The second-order valence-corrected chi connectivity index (χ2v) is 7.01. The topological polar surface area (TPSA) is 45.7 Å². The molecule has 1 heterocycles. The fourth-order valence-corrected chi connectivity index (χ4v) is 3.73. The van der Waals surface area contributed by atoms with E-state index in [2.05, 4.69) is 22.5 Å². The summed E-state index contributed by atoms with van der Waals surface area (Å²) in [6, 6.07) is 5.65. The molecule has 0 aliphatic carbocycles. The molecule has 0 aromatic heterocycles. The van der Waals surface area contributed by atoms with Gasteiger partial charge in [0.25, 0.3) is 0 Å². The molecule has 1 saturated heterocycles. The Morgan fingerprint density at radius 3 is 2.91 bits per heavy atom. The quantitative estimate of drug-likeness (QED) is 0.377. The number of halogens is 2. The lowest BCUT2D eigenvalue weighted by Crippen LogP contribution is -2.40. The molecule has 1 aromatic rings. The summed E-state index contributed by atoms with van der Waals surface area (Å²) in [7, 11) is 1.65. The first-order chi connectivity index (χ1) is 10.7. The number of hydrogen-bond donors (Lipinski definition) is 2. The van der Waals surface area contributed by atoms with Gasteiger partial charge in [-0.1, -0.05) is 17.7 Å². The summed E-state index contributed by atoms with van der Waals surface area (Å²) in [5.74, 6) is 2.91. The molecule has 0 spiro atoms. The molecular formula is C16H25ClIN3OS. The van der Waals surface area contributed by atoms with Crippen molar-refractivity contribution in [2.75, 3.05) is 26.0 Å². The van der Waals surface area contributed by atoms with Gasteiger partial charge in [-0.2, -0.15) is 11.8 Å². The zero-order chi connectivity index (χ0) is 15.8. The predicted octanol–water partition coefficient (Wildman–Crippen LogP) is 3.92. The summed E-state index contributed by atoms with van der Waals surface area (Å²) >= 11 is 8.03. The number of guanidine groups is 1. The minimum absolute atomic E-state index is 0. The number of benzene rings is 1. The number of nitrogens with zero attached hydrogens (tertiary/aromatic N) is 1. The number of aliphatic imine (C=N–C) groups is 1. The maximum absolute atomic E-state index is 5.99. The summed E-state index contributed by atoms with van der Waals surface area (Å²) in [6.07, 6.45) is 2.62. The van der Waals surface area contributed by atoms with Crippen LogP contribution in [0.5, 0.6) is 5.75 Å². The Morgan fingerprint density at radius 1 is 1.43 bits per heavy atom. The van der Waals surface area contributed by atoms with Gasteiger partial charge in [-0.25, -0.2) is 4.99 Å². The van der Waals surface area contributed by atoms with Crippen molar-refractivity contribution < 1.29 is 4.74 Å². The number of methoxy groups -OCH3 is 1.